The van der Waals surface area contributed by atoms with Gasteiger partial charge in [-0.1, -0.05) is 107 Å². The molecule has 0 saturated carbocycles. The fraction of sp³-hybridized carbons (Fsp3) is 0.146. The molecule has 0 aliphatic rings. The number of rotatable bonds is 5. The second-order valence-electron chi connectivity index (χ2n) is 12.4. The van der Waals surface area contributed by atoms with Crippen LogP contribution in [-0.2, 0) is 0 Å². The molecular formula is C41H34N2O. The van der Waals surface area contributed by atoms with Crippen LogP contribution < -0.4 is 0 Å². The van der Waals surface area contributed by atoms with Gasteiger partial charge in [-0.2, -0.15) is 0 Å². The summed E-state index contributed by atoms with van der Waals surface area (Å²) in [5, 5.41) is 4.64. The average molecular weight is 571 g/mol. The van der Waals surface area contributed by atoms with Crippen molar-refractivity contribution in [3.63, 3.8) is 0 Å². The highest BCUT2D eigenvalue weighted by atomic mass is 16.3. The zero-order valence-electron chi connectivity index (χ0n) is 25.5. The standard InChI is InChI=1S/C41H34N2O/c1-25(2)33-23-30(27-12-6-5-7-13-27)24-34(26(3)4)39(33)43-40-31-15-9-8-14-28(31)18-20-36(40)42-41(43)29-19-21-38-35(22-29)32-16-10-11-17-37(32)44-38/h5-26H,1-4H3. The molecule has 0 saturated heterocycles. The van der Waals surface area contributed by atoms with E-state index in [1.165, 1.54) is 38.7 Å². The van der Waals surface area contributed by atoms with Gasteiger partial charge in [-0.25, -0.2) is 4.98 Å². The minimum atomic E-state index is 0.298. The Morgan fingerprint density at radius 2 is 1.20 bits per heavy atom. The quantitative estimate of drug-likeness (QED) is 0.206. The molecule has 0 unspecified atom stereocenters. The Morgan fingerprint density at radius 1 is 0.545 bits per heavy atom. The first-order valence-corrected chi connectivity index (χ1v) is 15.5. The van der Waals surface area contributed by atoms with E-state index in [0.717, 1.165) is 44.4 Å². The van der Waals surface area contributed by atoms with Gasteiger partial charge in [-0.05, 0) is 81.9 Å². The van der Waals surface area contributed by atoms with Gasteiger partial charge in [0.2, 0.25) is 0 Å². The highest BCUT2D eigenvalue weighted by Gasteiger charge is 2.25. The molecule has 3 heteroatoms. The molecule has 0 atom stereocenters. The van der Waals surface area contributed by atoms with Crippen molar-refractivity contribution in [2.45, 2.75) is 39.5 Å². The van der Waals surface area contributed by atoms with E-state index in [1.807, 2.05) is 12.1 Å². The third-order valence-electron chi connectivity index (χ3n) is 8.92. The number of para-hydroxylation sites is 1. The molecular weight excluding hydrogens is 536 g/mol. The number of aromatic nitrogens is 2. The minimum absolute atomic E-state index is 0.298. The summed E-state index contributed by atoms with van der Waals surface area (Å²) >= 11 is 0. The van der Waals surface area contributed by atoms with E-state index >= 15 is 0 Å². The van der Waals surface area contributed by atoms with Gasteiger partial charge < -0.3 is 4.42 Å². The smallest absolute Gasteiger partial charge is 0.145 e. The van der Waals surface area contributed by atoms with Crippen molar-refractivity contribution in [2.75, 3.05) is 0 Å². The molecule has 0 bridgehead atoms. The predicted molar refractivity (Wildman–Crippen MR) is 185 cm³/mol. The lowest BCUT2D eigenvalue weighted by Gasteiger charge is -2.24. The summed E-state index contributed by atoms with van der Waals surface area (Å²) in [4.78, 5) is 5.39. The maximum absolute atomic E-state index is 6.20. The average Bonchev–Trinajstić information content (AvgIpc) is 3.63. The van der Waals surface area contributed by atoms with Crippen LogP contribution in [0.5, 0.6) is 0 Å². The zero-order chi connectivity index (χ0) is 29.9. The molecule has 2 aromatic heterocycles. The van der Waals surface area contributed by atoms with Gasteiger partial charge in [-0.3, -0.25) is 4.57 Å². The predicted octanol–water partition coefficient (Wildman–Crippen LogP) is 11.7. The van der Waals surface area contributed by atoms with E-state index in [2.05, 4.69) is 141 Å². The number of hydrogen-bond acceptors (Lipinski definition) is 2. The van der Waals surface area contributed by atoms with Crippen LogP contribution in [0, 0.1) is 0 Å². The Morgan fingerprint density at radius 3 is 1.95 bits per heavy atom. The summed E-state index contributed by atoms with van der Waals surface area (Å²) < 4.78 is 8.66. The van der Waals surface area contributed by atoms with Crippen LogP contribution in [-0.4, -0.2) is 9.55 Å². The zero-order valence-corrected chi connectivity index (χ0v) is 25.5. The number of imidazole rings is 1. The lowest BCUT2D eigenvalue weighted by atomic mass is 9.88. The second kappa shape index (κ2) is 10.2. The van der Waals surface area contributed by atoms with E-state index in [-0.39, 0.29) is 0 Å². The fourth-order valence-corrected chi connectivity index (χ4v) is 6.73. The normalized spacial score (nSPS) is 12.0. The Labute approximate surface area is 257 Å². The third kappa shape index (κ3) is 4.15. The summed E-state index contributed by atoms with van der Waals surface area (Å²) in [5.41, 5.74) is 11.4. The molecule has 2 heterocycles. The topological polar surface area (TPSA) is 31.0 Å². The summed E-state index contributed by atoms with van der Waals surface area (Å²) in [6.45, 7) is 9.22. The Hall–Kier alpha value is -5.15. The van der Waals surface area contributed by atoms with Crippen molar-refractivity contribution in [3.8, 4) is 28.2 Å². The first-order valence-electron chi connectivity index (χ1n) is 15.5. The molecule has 8 aromatic rings. The molecule has 0 amide bonds. The second-order valence-corrected chi connectivity index (χ2v) is 12.4. The molecule has 3 nitrogen and oxygen atoms in total. The van der Waals surface area contributed by atoms with E-state index in [9.17, 15) is 0 Å². The van der Waals surface area contributed by atoms with Gasteiger partial charge in [0.15, 0.2) is 0 Å². The van der Waals surface area contributed by atoms with Crippen molar-refractivity contribution < 1.29 is 4.42 Å². The van der Waals surface area contributed by atoms with Crippen molar-refractivity contribution in [1.82, 2.24) is 9.55 Å². The first-order chi connectivity index (χ1) is 21.5. The van der Waals surface area contributed by atoms with Gasteiger partial charge >= 0.3 is 0 Å². The van der Waals surface area contributed by atoms with E-state index in [0.29, 0.717) is 11.8 Å². The number of nitrogens with zero attached hydrogens (tertiary/aromatic N) is 2. The van der Waals surface area contributed by atoms with Crippen molar-refractivity contribution in [3.05, 3.63) is 132 Å². The van der Waals surface area contributed by atoms with Crippen LogP contribution >= 0.6 is 0 Å². The summed E-state index contributed by atoms with van der Waals surface area (Å²) in [5.74, 6) is 1.54. The third-order valence-corrected chi connectivity index (χ3v) is 8.92. The SMILES string of the molecule is CC(C)c1cc(-c2ccccc2)cc(C(C)C)c1-n1c(-c2ccc3oc4ccccc4c3c2)nc2ccc3ccccc3c21. The molecule has 0 aliphatic heterocycles. The molecule has 0 aliphatic carbocycles. The van der Waals surface area contributed by atoms with Gasteiger partial charge in [-0.15, -0.1) is 0 Å². The molecule has 0 N–H and O–H groups in total. The lowest BCUT2D eigenvalue weighted by molar-refractivity contribution is 0.669. The molecule has 6 aromatic carbocycles. The molecule has 0 fully saturated rings. The number of fused-ring (bicyclic) bond motifs is 6. The maximum atomic E-state index is 6.20. The van der Waals surface area contributed by atoms with Crippen molar-refractivity contribution >= 4 is 43.7 Å². The van der Waals surface area contributed by atoms with Gasteiger partial charge in [0.25, 0.3) is 0 Å². The van der Waals surface area contributed by atoms with E-state index in [4.69, 9.17) is 9.40 Å². The highest BCUT2D eigenvalue weighted by Crippen LogP contribution is 2.42. The fourth-order valence-electron chi connectivity index (χ4n) is 6.73. The van der Waals surface area contributed by atoms with Crippen LogP contribution in [0.3, 0.4) is 0 Å². The monoisotopic (exact) mass is 570 g/mol. The molecule has 44 heavy (non-hydrogen) atoms. The van der Waals surface area contributed by atoms with Gasteiger partial charge in [0.1, 0.15) is 17.0 Å². The number of hydrogen-bond donors (Lipinski definition) is 0. The summed E-state index contributed by atoms with van der Waals surface area (Å²) in [6, 6.07) is 43.3. The Bertz CT molecular complexity index is 2310. The van der Waals surface area contributed by atoms with Crippen LogP contribution in [0.25, 0.3) is 71.9 Å². The lowest BCUT2D eigenvalue weighted by Crippen LogP contribution is -2.09. The Balaban J connectivity index is 1.51. The first kappa shape index (κ1) is 26.5. The van der Waals surface area contributed by atoms with Gasteiger partial charge in [0.05, 0.1) is 16.7 Å². The largest absolute Gasteiger partial charge is 0.456 e. The van der Waals surface area contributed by atoms with Crippen molar-refractivity contribution in [2.24, 2.45) is 0 Å². The van der Waals surface area contributed by atoms with E-state index in [1.54, 1.807) is 0 Å². The Kier molecular flexibility index (Phi) is 6.16. The van der Waals surface area contributed by atoms with Crippen LogP contribution in [0.1, 0.15) is 50.7 Å². The van der Waals surface area contributed by atoms with Gasteiger partial charge in [0, 0.05) is 21.7 Å². The summed E-state index contributed by atoms with van der Waals surface area (Å²) in [7, 11) is 0. The maximum Gasteiger partial charge on any atom is 0.145 e. The van der Waals surface area contributed by atoms with Crippen LogP contribution in [0.4, 0.5) is 0 Å². The molecule has 0 radical (unpaired) electrons. The van der Waals surface area contributed by atoms with Crippen molar-refractivity contribution in [1.29, 1.82) is 0 Å². The van der Waals surface area contributed by atoms with Crippen LogP contribution in [0.15, 0.2) is 126 Å². The molecule has 214 valence electrons. The highest BCUT2D eigenvalue weighted by molar-refractivity contribution is 6.08. The van der Waals surface area contributed by atoms with E-state index < -0.39 is 0 Å². The molecule has 8 rings (SSSR count). The summed E-state index contributed by atoms with van der Waals surface area (Å²) in [6.07, 6.45) is 0. The molecule has 0 spiro atoms. The number of benzene rings is 6. The number of furan rings is 1. The minimum Gasteiger partial charge on any atom is -0.456 e. The van der Waals surface area contributed by atoms with Crippen LogP contribution in [0.2, 0.25) is 0 Å².